The second-order valence-corrected chi connectivity index (χ2v) is 9.60. The molecule has 0 saturated carbocycles. The topological polar surface area (TPSA) is 112 Å². The van der Waals surface area contributed by atoms with E-state index in [2.05, 4.69) is 15.6 Å². The first kappa shape index (κ1) is 23.4. The summed E-state index contributed by atoms with van der Waals surface area (Å²) in [5, 5.41) is 11.3. The predicted octanol–water partition coefficient (Wildman–Crippen LogP) is 3.44. The SMILES string of the molecule is CC(C)(C)NC(=O)[C@@H](c1ccco1)N(Cc1ccc2c(c1)OCO2)C(=O)Cn1nnc2ccccc21. The fraction of sp³-hybridized carbons (Fsp3) is 0.308. The molecule has 2 aromatic carbocycles. The molecule has 0 radical (unpaired) electrons. The van der Waals surface area contributed by atoms with Crippen LogP contribution in [0.25, 0.3) is 11.0 Å². The number of nitrogens with zero attached hydrogens (tertiary/aromatic N) is 4. The average Bonchev–Trinajstić information content (AvgIpc) is 3.59. The minimum Gasteiger partial charge on any atom is -0.467 e. The number of benzene rings is 2. The summed E-state index contributed by atoms with van der Waals surface area (Å²) in [4.78, 5) is 28.9. The maximum atomic E-state index is 13.9. The zero-order chi connectivity index (χ0) is 25.3. The molecule has 0 aliphatic carbocycles. The average molecular weight is 490 g/mol. The first-order valence-corrected chi connectivity index (χ1v) is 11.6. The number of nitrogens with one attached hydrogen (secondary N) is 1. The number of rotatable bonds is 7. The highest BCUT2D eigenvalue weighted by molar-refractivity contribution is 5.89. The van der Waals surface area contributed by atoms with E-state index >= 15 is 0 Å². The number of carbonyl (C=O) groups is 2. The highest BCUT2D eigenvalue weighted by Crippen LogP contribution is 2.34. The van der Waals surface area contributed by atoms with E-state index in [1.54, 1.807) is 18.2 Å². The summed E-state index contributed by atoms with van der Waals surface area (Å²) >= 11 is 0. The van der Waals surface area contributed by atoms with Gasteiger partial charge in [-0.1, -0.05) is 23.4 Å². The van der Waals surface area contributed by atoms with Crippen LogP contribution in [0, 0.1) is 0 Å². The minimum absolute atomic E-state index is 0.106. The van der Waals surface area contributed by atoms with E-state index in [9.17, 15) is 9.59 Å². The molecule has 0 saturated heterocycles. The molecule has 186 valence electrons. The van der Waals surface area contributed by atoms with Gasteiger partial charge in [0, 0.05) is 12.1 Å². The van der Waals surface area contributed by atoms with E-state index in [0.717, 1.165) is 11.1 Å². The van der Waals surface area contributed by atoms with Crippen LogP contribution < -0.4 is 14.8 Å². The summed E-state index contributed by atoms with van der Waals surface area (Å²) in [6, 6.07) is 15.2. The van der Waals surface area contributed by atoms with E-state index < -0.39 is 11.6 Å². The van der Waals surface area contributed by atoms with Gasteiger partial charge in [-0.25, -0.2) is 4.68 Å². The number of hydrogen-bond donors (Lipinski definition) is 1. The molecule has 1 N–H and O–H groups in total. The van der Waals surface area contributed by atoms with E-state index in [0.29, 0.717) is 22.8 Å². The first-order valence-electron chi connectivity index (χ1n) is 11.6. The van der Waals surface area contributed by atoms with Gasteiger partial charge in [0.05, 0.1) is 11.8 Å². The third-order valence-electron chi connectivity index (χ3n) is 5.69. The second kappa shape index (κ2) is 9.37. The standard InChI is InChI=1S/C26H27N5O5/c1-26(2,3)27-25(33)24(21-9-6-12-34-21)30(14-17-10-11-20-22(13-17)36-16-35-20)23(32)15-31-19-8-5-4-7-18(19)28-29-31/h4-13,24H,14-16H2,1-3H3,(H,27,33)/t24-/m1/s1. The fourth-order valence-electron chi connectivity index (χ4n) is 4.12. The Hall–Kier alpha value is -4.34. The third-order valence-corrected chi connectivity index (χ3v) is 5.69. The minimum atomic E-state index is -1.01. The molecular formula is C26H27N5O5. The van der Waals surface area contributed by atoms with Gasteiger partial charge >= 0.3 is 0 Å². The van der Waals surface area contributed by atoms with Crippen LogP contribution in [0.2, 0.25) is 0 Å². The zero-order valence-electron chi connectivity index (χ0n) is 20.3. The molecular weight excluding hydrogens is 462 g/mol. The van der Waals surface area contributed by atoms with Crippen LogP contribution >= 0.6 is 0 Å². The summed E-state index contributed by atoms with van der Waals surface area (Å²) < 4.78 is 18.1. The van der Waals surface area contributed by atoms with Gasteiger partial charge in [-0.3, -0.25) is 9.59 Å². The number of hydrogen-bond acceptors (Lipinski definition) is 7. The van der Waals surface area contributed by atoms with Gasteiger partial charge in [-0.2, -0.15) is 0 Å². The van der Waals surface area contributed by atoms with Crippen LogP contribution in [-0.4, -0.2) is 44.0 Å². The zero-order valence-corrected chi connectivity index (χ0v) is 20.3. The molecule has 36 heavy (non-hydrogen) atoms. The van der Waals surface area contributed by atoms with Crippen molar-refractivity contribution in [1.82, 2.24) is 25.2 Å². The van der Waals surface area contributed by atoms with Crippen molar-refractivity contribution in [1.29, 1.82) is 0 Å². The maximum absolute atomic E-state index is 13.9. The molecule has 2 aromatic heterocycles. The lowest BCUT2D eigenvalue weighted by Gasteiger charge is -2.32. The number of aromatic nitrogens is 3. The summed E-state index contributed by atoms with van der Waals surface area (Å²) in [5.74, 6) is 0.910. The number of carbonyl (C=O) groups excluding carboxylic acids is 2. The molecule has 0 spiro atoms. The lowest BCUT2D eigenvalue weighted by Crippen LogP contribution is -2.49. The summed E-state index contributed by atoms with van der Waals surface area (Å²) in [7, 11) is 0. The van der Waals surface area contributed by atoms with Crippen molar-refractivity contribution in [2.45, 2.75) is 45.4 Å². The normalized spacial score (nSPS) is 13.5. The molecule has 10 heteroatoms. The summed E-state index contributed by atoms with van der Waals surface area (Å²) in [6.45, 7) is 5.82. The smallest absolute Gasteiger partial charge is 0.251 e. The molecule has 2 amide bonds. The van der Waals surface area contributed by atoms with Gasteiger partial charge in [-0.05, 0) is 62.7 Å². The Balaban J connectivity index is 1.52. The van der Waals surface area contributed by atoms with Gasteiger partial charge in [-0.15, -0.1) is 5.10 Å². The molecule has 1 aliphatic rings. The van der Waals surface area contributed by atoms with Crippen molar-refractivity contribution >= 4 is 22.8 Å². The van der Waals surface area contributed by atoms with Crippen molar-refractivity contribution in [3.8, 4) is 11.5 Å². The Morgan fingerprint density at radius 3 is 2.67 bits per heavy atom. The van der Waals surface area contributed by atoms with E-state index in [4.69, 9.17) is 13.9 Å². The maximum Gasteiger partial charge on any atom is 0.251 e. The largest absolute Gasteiger partial charge is 0.467 e. The van der Waals surface area contributed by atoms with E-state index in [1.165, 1.54) is 15.8 Å². The van der Waals surface area contributed by atoms with Crippen LogP contribution in [0.3, 0.4) is 0 Å². The van der Waals surface area contributed by atoms with Crippen molar-refractivity contribution in [2.24, 2.45) is 0 Å². The first-order chi connectivity index (χ1) is 17.3. The van der Waals surface area contributed by atoms with Crippen LogP contribution in [0.4, 0.5) is 0 Å². The van der Waals surface area contributed by atoms with Crippen LogP contribution in [0.1, 0.15) is 38.1 Å². The van der Waals surface area contributed by atoms with Gasteiger partial charge in [0.2, 0.25) is 12.7 Å². The molecule has 1 aliphatic heterocycles. The number of para-hydroxylation sites is 1. The Bertz CT molecular complexity index is 1390. The van der Waals surface area contributed by atoms with E-state index in [1.807, 2.05) is 57.2 Å². The second-order valence-electron chi connectivity index (χ2n) is 9.60. The number of ether oxygens (including phenoxy) is 2. The van der Waals surface area contributed by atoms with Crippen molar-refractivity contribution in [2.75, 3.05) is 6.79 Å². The quantitative estimate of drug-likeness (QED) is 0.423. The third kappa shape index (κ3) is 4.88. The Morgan fingerprint density at radius 1 is 1.08 bits per heavy atom. The number of fused-ring (bicyclic) bond motifs is 2. The Kier molecular flexibility index (Phi) is 6.09. The molecule has 5 rings (SSSR count). The van der Waals surface area contributed by atoms with Gasteiger partial charge in [0.15, 0.2) is 17.5 Å². The molecule has 0 bridgehead atoms. The Morgan fingerprint density at radius 2 is 1.89 bits per heavy atom. The highest BCUT2D eigenvalue weighted by atomic mass is 16.7. The molecule has 0 unspecified atom stereocenters. The summed E-state index contributed by atoms with van der Waals surface area (Å²) in [6.07, 6.45) is 1.49. The summed E-state index contributed by atoms with van der Waals surface area (Å²) in [5.41, 5.74) is 1.66. The molecule has 10 nitrogen and oxygen atoms in total. The number of amides is 2. The van der Waals surface area contributed by atoms with E-state index in [-0.39, 0.29) is 31.7 Å². The molecule has 0 fully saturated rings. The van der Waals surface area contributed by atoms with Gasteiger partial charge < -0.3 is 24.1 Å². The molecule has 1 atom stereocenters. The molecule has 4 aromatic rings. The van der Waals surface area contributed by atoms with Crippen LogP contribution in [-0.2, 0) is 22.7 Å². The van der Waals surface area contributed by atoms with Crippen LogP contribution in [0.15, 0.2) is 65.3 Å². The number of furan rings is 1. The predicted molar refractivity (Wildman–Crippen MR) is 130 cm³/mol. The van der Waals surface area contributed by atoms with Crippen molar-refractivity contribution < 1.29 is 23.5 Å². The van der Waals surface area contributed by atoms with Crippen molar-refractivity contribution in [3.05, 3.63) is 72.2 Å². The fourth-order valence-corrected chi connectivity index (χ4v) is 4.12. The lowest BCUT2D eigenvalue weighted by atomic mass is 10.1. The monoisotopic (exact) mass is 489 g/mol. The van der Waals surface area contributed by atoms with Crippen molar-refractivity contribution in [3.63, 3.8) is 0 Å². The van der Waals surface area contributed by atoms with Crippen LogP contribution in [0.5, 0.6) is 11.5 Å². The molecule has 3 heterocycles. The Labute approximate surface area is 207 Å². The lowest BCUT2D eigenvalue weighted by molar-refractivity contribution is -0.143. The van der Waals surface area contributed by atoms with Gasteiger partial charge in [0.1, 0.15) is 17.8 Å². The van der Waals surface area contributed by atoms with Gasteiger partial charge in [0.25, 0.3) is 5.91 Å². The highest BCUT2D eigenvalue weighted by Gasteiger charge is 2.36.